The third kappa shape index (κ3) is 2.74. The zero-order valence-corrected chi connectivity index (χ0v) is 9.25. The molecule has 0 unspecified atom stereocenters. The number of anilines is 2. The molecule has 0 heterocycles. The average Bonchev–Trinajstić information content (AvgIpc) is 2.17. The topological polar surface area (TPSA) is 12.0 Å². The molecule has 0 spiro atoms. The summed E-state index contributed by atoms with van der Waals surface area (Å²) in [5.74, 6) is 0. The summed E-state index contributed by atoms with van der Waals surface area (Å²) >= 11 is 5.98. The van der Waals surface area contributed by atoms with E-state index in [9.17, 15) is 0 Å². The second-order valence-corrected chi connectivity index (χ2v) is 3.94. The van der Waals surface area contributed by atoms with Crippen molar-refractivity contribution in [3.63, 3.8) is 0 Å². The maximum Gasteiger partial charge on any atom is 0.0429 e. The number of aryl methyl sites for hydroxylation is 1. The SMILES string of the molecule is Cc1cc(Cl)cc(Nc2ccccc2)c1. The predicted molar refractivity (Wildman–Crippen MR) is 65.9 cm³/mol. The van der Waals surface area contributed by atoms with Crippen molar-refractivity contribution in [1.82, 2.24) is 0 Å². The molecule has 15 heavy (non-hydrogen) atoms. The summed E-state index contributed by atoms with van der Waals surface area (Å²) in [5, 5.41) is 4.06. The summed E-state index contributed by atoms with van der Waals surface area (Å²) in [6.45, 7) is 2.03. The Hall–Kier alpha value is -1.47. The van der Waals surface area contributed by atoms with Crippen molar-refractivity contribution in [2.75, 3.05) is 5.32 Å². The van der Waals surface area contributed by atoms with Crippen LogP contribution in [0, 0.1) is 6.92 Å². The maximum atomic E-state index is 5.98. The van der Waals surface area contributed by atoms with Crippen molar-refractivity contribution in [2.45, 2.75) is 6.92 Å². The molecule has 0 fully saturated rings. The van der Waals surface area contributed by atoms with E-state index >= 15 is 0 Å². The van der Waals surface area contributed by atoms with Crippen LogP contribution in [0.15, 0.2) is 48.5 Å². The van der Waals surface area contributed by atoms with Gasteiger partial charge in [-0.25, -0.2) is 0 Å². The molecule has 0 aliphatic rings. The van der Waals surface area contributed by atoms with Gasteiger partial charge in [0.15, 0.2) is 0 Å². The molecule has 0 radical (unpaired) electrons. The summed E-state index contributed by atoms with van der Waals surface area (Å²) in [6.07, 6.45) is 0. The highest BCUT2D eigenvalue weighted by atomic mass is 35.5. The Kier molecular flexibility index (Phi) is 2.93. The molecule has 1 N–H and O–H groups in total. The van der Waals surface area contributed by atoms with Crippen molar-refractivity contribution in [2.24, 2.45) is 0 Å². The molecule has 0 aliphatic heterocycles. The quantitative estimate of drug-likeness (QED) is 0.787. The number of halogens is 1. The van der Waals surface area contributed by atoms with E-state index < -0.39 is 0 Å². The minimum Gasteiger partial charge on any atom is -0.355 e. The predicted octanol–water partition coefficient (Wildman–Crippen LogP) is 4.39. The Labute approximate surface area is 94.7 Å². The fraction of sp³-hybridized carbons (Fsp3) is 0.0769. The second kappa shape index (κ2) is 4.37. The van der Waals surface area contributed by atoms with Gasteiger partial charge in [0.25, 0.3) is 0 Å². The molecule has 2 rings (SSSR count). The average molecular weight is 218 g/mol. The number of hydrogen-bond donors (Lipinski definition) is 1. The van der Waals surface area contributed by atoms with Crippen LogP contribution in [0.25, 0.3) is 0 Å². The Morgan fingerprint density at radius 3 is 2.33 bits per heavy atom. The van der Waals surface area contributed by atoms with E-state index in [0.717, 1.165) is 22.0 Å². The molecule has 0 atom stereocenters. The highest BCUT2D eigenvalue weighted by molar-refractivity contribution is 6.30. The van der Waals surface area contributed by atoms with Gasteiger partial charge in [-0.05, 0) is 42.8 Å². The van der Waals surface area contributed by atoms with Crippen LogP contribution in [-0.4, -0.2) is 0 Å². The first kappa shape index (κ1) is 10.1. The van der Waals surface area contributed by atoms with Crippen LogP contribution in [-0.2, 0) is 0 Å². The molecule has 0 saturated heterocycles. The van der Waals surface area contributed by atoms with Gasteiger partial charge in [0, 0.05) is 16.4 Å². The Morgan fingerprint density at radius 1 is 0.933 bits per heavy atom. The Bertz CT molecular complexity index is 431. The molecular formula is C13H12ClN. The van der Waals surface area contributed by atoms with Gasteiger partial charge in [-0.1, -0.05) is 29.8 Å². The third-order valence-electron chi connectivity index (χ3n) is 2.10. The number of benzene rings is 2. The first-order valence-electron chi connectivity index (χ1n) is 4.83. The first-order chi connectivity index (χ1) is 7.24. The van der Waals surface area contributed by atoms with E-state index in [1.807, 2.05) is 49.4 Å². The lowest BCUT2D eigenvalue weighted by molar-refractivity contribution is 1.45. The van der Waals surface area contributed by atoms with E-state index in [1.54, 1.807) is 0 Å². The molecule has 2 aromatic rings. The highest BCUT2D eigenvalue weighted by Gasteiger charge is 1.96. The molecule has 0 aromatic heterocycles. The monoisotopic (exact) mass is 217 g/mol. The van der Waals surface area contributed by atoms with E-state index in [-0.39, 0.29) is 0 Å². The van der Waals surface area contributed by atoms with Gasteiger partial charge in [0.05, 0.1) is 0 Å². The molecule has 0 bridgehead atoms. The van der Waals surface area contributed by atoms with Crippen LogP contribution in [0.3, 0.4) is 0 Å². The van der Waals surface area contributed by atoms with Crippen LogP contribution < -0.4 is 5.32 Å². The number of nitrogens with one attached hydrogen (secondary N) is 1. The van der Waals surface area contributed by atoms with Gasteiger partial charge in [0.2, 0.25) is 0 Å². The van der Waals surface area contributed by atoms with Gasteiger partial charge in [-0.3, -0.25) is 0 Å². The summed E-state index contributed by atoms with van der Waals surface area (Å²) in [5.41, 5.74) is 3.24. The maximum absolute atomic E-state index is 5.98. The van der Waals surface area contributed by atoms with Crippen LogP contribution in [0.2, 0.25) is 5.02 Å². The molecular weight excluding hydrogens is 206 g/mol. The van der Waals surface area contributed by atoms with E-state index in [1.165, 1.54) is 0 Å². The van der Waals surface area contributed by atoms with Gasteiger partial charge in [-0.2, -0.15) is 0 Å². The smallest absolute Gasteiger partial charge is 0.0429 e. The van der Waals surface area contributed by atoms with E-state index in [2.05, 4.69) is 11.4 Å². The Morgan fingerprint density at radius 2 is 1.67 bits per heavy atom. The summed E-state index contributed by atoms with van der Waals surface area (Å²) in [7, 11) is 0. The van der Waals surface area contributed by atoms with Crippen LogP contribution >= 0.6 is 11.6 Å². The van der Waals surface area contributed by atoms with Crippen molar-refractivity contribution in [3.05, 3.63) is 59.1 Å². The highest BCUT2D eigenvalue weighted by Crippen LogP contribution is 2.21. The van der Waals surface area contributed by atoms with Gasteiger partial charge in [0.1, 0.15) is 0 Å². The molecule has 2 heteroatoms. The Balaban J connectivity index is 2.25. The lowest BCUT2D eigenvalue weighted by atomic mass is 10.2. The largest absolute Gasteiger partial charge is 0.355 e. The van der Waals surface area contributed by atoms with Crippen molar-refractivity contribution >= 4 is 23.0 Å². The zero-order chi connectivity index (χ0) is 10.7. The number of para-hydroxylation sites is 1. The normalized spacial score (nSPS) is 10.0. The van der Waals surface area contributed by atoms with Crippen LogP contribution in [0.4, 0.5) is 11.4 Å². The minimum absolute atomic E-state index is 0.758. The standard InChI is InChI=1S/C13H12ClN/c1-10-7-11(14)9-13(8-10)15-12-5-3-2-4-6-12/h2-9,15H,1H3. The molecule has 0 amide bonds. The lowest BCUT2D eigenvalue weighted by Gasteiger charge is -2.07. The lowest BCUT2D eigenvalue weighted by Crippen LogP contribution is -1.90. The zero-order valence-electron chi connectivity index (χ0n) is 8.50. The van der Waals surface area contributed by atoms with Gasteiger partial charge < -0.3 is 5.32 Å². The molecule has 76 valence electrons. The number of rotatable bonds is 2. The third-order valence-corrected chi connectivity index (χ3v) is 2.32. The molecule has 2 aromatic carbocycles. The van der Waals surface area contributed by atoms with Crippen LogP contribution in [0.1, 0.15) is 5.56 Å². The fourth-order valence-electron chi connectivity index (χ4n) is 1.50. The van der Waals surface area contributed by atoms with E-state index in [0.29, 0.717) is 0 Å². The summed E-state index contributed by atoms with van der Waals surface area (Å²) in [6, 6.07) is 16.0. The van der Waals surface area contributed by atoms with E-state index in [4.69, 9.17) is 11.6 Å². The van der Waals surface area contributed by atoms with Gasteiger partial charge >= 0.3 is 0 Å². The minimum atomic E-state index is 0.758. The van der Waals surface area contributed by atoms with Crippen molar-refractivity contribution in [1.29, 1.82) is 0 Å². The number of hydrogen-bond acceptors (Lipinski definition) is 1. The van der Waals surface area contributed by atoms with Crippen molar-refractivity contribution in [3.8, 4) is 0 Å². The second-order valence-electron chi connectivity index (χ2n) is 3.51. The molecule has 0 aliphatic carbocycles. The first-order valence-corrected chi connectivity index (χ1v) is 5.21. The summed E-state index contributed by atoms with van der Waals surface area (Å²) < 4.78 is 0. The van der Waals surface area contributed by atoms with Crippen LogP contribution in [0.5, 0.6) is 0 Å². The summed E-state index contributed by atoms with van der Waals surface area (Å²) in [4.78, 5) is 0. The van der Waals surface area contributed by atoms with Gasteiger partial charge in [-0.15, -0.1) is 0 Å². The van der Waals surface area contributed by atoms with Crippen molar-refractivity contribution < 1.29 is 0 Å². The fourth-order valence-corrected chi connectivity index (χ4v) is 1.79. The molecule has 0 saturated carbocycles. The molecule has 1 nitrogen and oxygen atoms in total.